The third-order valence-corrected chi connectivity index (χ3v) is 5.93. The molecule has 2 aromatic rings. The molecule has 0 saturated heterocycles. The summed E-state index contributed by atoms with van der Waals surface area (Å²) in [6.07, 6.45) is 0. The van der Waals surface area contributed by atoms with Crippen LogP contribution in [0.15, 0.2) is 53.4 Å². The molecule has 0 aromatic heterocycles. The number of rotatable bonds is 9. The van der Waals surface area contributed by atoms with Crippen LogP contribution in [0.3, 0.4) is 0 Å². The van der Waals surface area contributed by atoms with Gasteiger partial charge in [-0.05, 0) is 71.3 Å². The highest BCUT2D eigenvalue weighted by atomic mass is 35.5. The van der Waals surface area contributed by atoms with Gasteiger partial charge in [-0.15, -0.1) is 0 Å². The summed E-state index contributed by atoms with van der Waals surface area (Å²) >= 11 is 5.93. The quantitative estimate of drug-likeness (QED) is 0.535. The lowest BCUT2D eigenvalue weighted by Crippen LogP contribution is -2.42. The Morgan fingerprint density at radius 2 is 1.70 bits per heavy atom. The smallest absolute Gasteiger partial charge is 0.326 e. The number of carbonyl (C=O) groups excluding carboxylic acids is 2. The average Bonchev–Trinajstić information content (AvgIpc) is 2.69. The SMILES string of the molecule is CN(C)CCN(CC(=O)OC(C)(C)C)C(=O)c1cccc(S(=O)(=O)Nc2cccc(Cl)c2)c1. The number of likely N-dealkylation sites (N-methyl/N-ethyl adjacent to an activating group) is 1. The number of nitrogens with one attached hydrogen (secondary N) is 1. The zero-order valence-corrected chi connectivity index (χ0v) is 21.0. The second kappa shape index (κ2) is 11.0. The van der Waals surface area contributed by atoms with Crippen molar-refractivity contribution >= 4 is 39.2 Å². The summed E-state index contributed by atoms with van der Waals surface area (Å²) in [6.45, 7) is 5.78. The fourth-order valence-electron chi connectivity index (χ4n) is 2.85. The highest BCUT2D eigenvalue weighted by molar-refractivity contribution is 7.92. The van der Waals surface area contributed by atoms with Gasteiger partial charge < -0.3 is 14.5 Å². The molecule has 0 bridgehead atoms. The van der Waals surface area contributed by atoms with Gasteiger partial charge in [0.25, 0.3) is 15.9 Å². The van der Waals surface area contributed by atoms with Crippen LogP contribution >= 0.6 is 11.6 Å². The largest absolute Gasteiger partial charge is 0.459 e. The first kappa shape index (κ1) is 26.6. The highest BCUT2D eigenvalue weighted by Crippen LogP contribution is 2.21. The Bertz CT molecular complexity index is 1100. The first-order chi connectivity index (χ1) is 15.3. The monoisotopic (exact) mass is 495 g/mol. The minimum Gasteiger partial charge on any atom is -0.459 e. The number of anilines is 1. The van der Waals surface area contributed by atoms with E-state index < -0.39 is 27.5 Å². The number of sulfonamides is 1. The molecular weight excluding hydrogens is 466 g/mol. The summed E-state index contributed by atoms with van der Waals surface area (Å²) in [5, 5.41) is 0.387. The molecule has 0 radical (unpaired) electrons. The van der Waals surface area contributed by atoms with Gasteiger partial charge in [-0.25, -0.2) is 8.42 Å². The van der Waals surface area contributed by atoms with E-state index in [0.717, 1.165) is 0 Å². The van der Waals surface area contributed by atoms with Crippen LogP contribution in [-0.2, 0) is 19.6 Å². The van der Waals surface area contributed by atoms with Crippen LogP contribution in [0.5, 0.6) is 0 Å². The number of hydrogen-bond donors (Lipinski definition) is 1. The topological polar surface area (TPSA) is 96.0 Å². The minimum atomic E-state index is -3.96. The summed E-state index contributed by atoms with van der Waals surface area (Å²) in [4.78, 5) is 28.7. The van der Waals surface area contributed by atoms with Crippen molar-refractivity contribution in [2.45, 2.75) is 31.3 Å². The molecule has 8 nitrogen and oxygen atoms in total. The molecule has 180 valence electrons. The van der Waals surface area contributed by atoms with E-state index >= 15 is 0 Å². The Balaban J connectivity index is 2.27. The number of ether oxygens (including phenoxy) is 1. The second-order valence-electron chi connectivity index (χ2n) is 8.76. The molecular formula is C23H30ClN3O5S. The molecule has 0 heterocycles. The second-order valence-corrected chi connectivity index (χ2v) is 10.9. The number of esters is 1. The van der Waals surface area contributed by atoms with Gasteiger partial charge in [0.2, 0.25) is 0 Å². The maximum absolute atomic E-state index is 13.2. The van der Waals surface area contributed by atoms with Crippen molar-refractivity contribution in [1.29, 1.82) is 0 Å². The third-order valence-electron chi connectivity index (χ3n) is 4.31. The summed E-state index contributed by atoms with van der Waals surface area (Å²) < 4.78 is 33.5. The fraction of sp³-hybridized carbons (Fsp3) is 0.391. The molecule has 0 saturated carbocycles. The maximum atomic E-state index is 13.2. The van der Waals surface area contributed by atoms with E-state index in [1.807, 2.05) is 19.0 Å². The molecule has 0 atom stereocenters. The molecule has 33 heavy (non-hydrogen) atoms. The molecule has 0 spiro atoms. The Kier molecular flexibility index (Phi) is 8.88. The standard InChI is InChI=1S/C23H30ClN3O5S/c1-23(2,3)32-21(28)16-27(13-12-26(4)5)22(29)17-8-6-11-20(14-17)33(30,31)25-19-10-7-9-18(24)15-19/h6-11,14-15,25H,12-13,16H2,1-5H3. The van der Waals surface area contributed by atoms with Crippen LogP contribution in [0.4, 0.5) is 5.69 Å². The first-order valence-electron chi connectivity index (χ1n) is 10.3. The van der Waals surface area contributed by atoms with Crippen molar-refractivity contribution in [2.24, 2.45) is 0 Å². The van der Waals surface area contributed by atoms with Crippen molar-refractivity contribution in [1.82, 2.24) is 9.80 Å². The van der Waals surface area contributed by atoms with E-state index in [4.69, 9.17) is 16.3 Å². The molecule has 10 heteroatoms. The summed E-state index contributed by atoms with van der Waals surface area (Å²) in [5.74, 6) is -1.01. The number of halogens is 1. The van der Waals surface area contributed by atoms with E-state index in [0.29, 0.717) is 17.3 Å². The molecule has 2 rings (SSSR count). The van der Waals surface area contributed by atoms with Crippen molar-refractivity contribution in [3.63, 3.8) is 0 Å². The molecule has 2 aromatic carbocycles. The zero-order valence-electron chi connectivity index (χ0n) is 19.5. The first-order valence-corrected chi connectivity index (χ1v) is 12.2. The van der Waals surface area contributed by atoms with Crippen LogP contribution in [0.1, 0.15) is 31.1 Å². The number of nitrogens with zero attached hydrogens (tertiary/aromatic N) is 2. The summed E-state index contributed by atoms with van der Waals surface area (Å²) in [6, 6.07) is 12.0. The number of carbonyl (C=O) groups is 2. The van der Waals surface area contributed by atoms with E-state index in [1.165, 1.54) is 35.2 Å². The van der Waals surface area contributed by atoms with Gasteiger partial charge >= 0.3 is 5.97 Å². The molecule has 0 aliphatic carbocycles. The van der Waals surface area contributed by atoms with Crippen LogP contribution < -0.4 is 4.72 Å². The van der Waals surface area contributed by atoms with Gasteiger partial charge in [-0.2, -0.15) is 0 Å². The fourth-order valence-corrected chi connectivity index (χ4v) is 4.13. The van der Waals surface area contributed by atoms with E-state index in [-0.39, 0.29) is 23.5 Å². The predicted molar refractivity (Wildman–Crippen MR) is 129 cm³/mol. The lowest BCUT2D eigenvalue weighted by molar-refractivity contribution is -0.155. The summed E-state index contributed by atoms with van der Waals surface area (Å²) in [5.41, 5.74) is -0.240. The minimum absolute atomic E-state index is 0.0850. The van der Waals surface area contributed by atoms with Gasteiger partial charge in [-0.1, -0.05) is 23.7 Å². The maximum Gasteiger partial charge on any atom is 0.326 e. The Morgan fingerprint density at radius 3 is 2.30 bits per heavy atom. The van der Waals surface area contributed by atoms with Crippen molar-refractivity contribution in [3.05, 3.63) is 59.1 Å². The van der Waals surface area contributed by atoms with Crippen LogP contribution in [-0.4, -0.2) is 69.4 Å². The lowest BCUT2D eigenvalue weighted by Gasteiger charge is -2.26. The van der Waals surface area contributed by atoms with Gasteiger partial charge in [-0.3, -0.25) is 14.3 Å². The van der Waals surface area contributed by atoms with E-state index in [1.54, 1.807) is 39.0 Å². The van der Waals surface area contributed by atoms with Crippen LogP contribution in [0, 0.1) is 0 Å². The Hall–Kier alpha value is -2.62. The highest BCUT2D eigenvalue weighted by Gasteiger charge is 2.24. The average molecular weight is 496 g/mol. The Labute approximate surface area is 200 Å². The zero-order chi connectivity index (χ0) is 24.8. The number of hydrogen-bond acceptors (Lipinski definition) is 6. The van der Waals surface area contributed by atoms with Crippen molar-refractivity contribution < 1.29 is 22.7 Å². The molecule has 0 aliphatic rings. The van der Waals surface area contributed by atoms with Crippen LogP contribution in [0.2, 0.25) is 5.02 Å². The predicted octanol–water partition coefficient (Wildman–Crippen LogP) is 3.49. The van der Waals surface area contributed by atoms with Crippen LogP contribution in [0.25, 0.3) is 0 Å². The lowest BCUT2D eigenvalue weighted by atomic mass is 10.2. The third kappa shape index (κ3) is 8.68. The molecule has 0 unspecified atom stereocenters. The van der Waals surface area contributed by atoms with Gasteiger partial charge in [0.05, 0.1) is 10.6 Å². The molecule has 0 aliphatic heterocycles. The number of benzene rings is 2. The molecule has 1 N–H and O–H groups in total. The molecule has 0 fully saturated rings. The van der Waals surface area contributed by atoms with Gasteiger partial charge in [0.15, 0.2) is 0 Å². The number of amides is 1. The molecule has 1 amide bonds. The van der Waals surface area contributed by atoms with E-state index in [2.05, 4.69) is 4.72 Å². The van der Waals surface area contributed by atoms with Crippen molar-refractivity contribution in [3.8, 4) is 0 Å². The van der Waals surface area contributed by atoms with Gasteiger partial charge in [0, 0.05) is 23.7 Å². The Morgan fingerprint density at radius 1 is 1.03 bits per heavy atom. The normalized spacial score (nSPS) is 11.8. The van der Waals surface area contributed by atoms with Crippen molar-refractivity contribution in [2.75, 3.05) is 38.5 Å². The van der Waals surface area contributed by atoms with E-state index in [9.17, 15) is 18.0 Å². The summed E-state index contributed by atoms with van der Waals surface area (Å²) in [7, 11) is -0.260. The van der Waals surface area contributed by atoms with Gasteiger partial charge in [0.1, 0.15) is 12.1 Å².